The maximum absolute atomic E-state index is 13.8. The lowest BCUT2D eigenvalue weighted by Crippen LogP contribution is -2.07. The Bertz CT molecular complexity index is 861. The summed E-state index contributed by atoms with van der Waals surface area (Å²) < 4.78 is 81.3. The smallest absolute Gasteiger partial charge is 0.198 e. The summed E-state index contributed by atoms with van der Waals surface area (Å²) in [7, 11) is 0. The molecule has 0 aromatic heterocycles. The topological polar surface area (TPSA) is 47.6 Å². The third-order valence-corrected chi connectivity index (χ3v) is 2.86. The molecule has 0 aliphatic carbocycles. The van der Waals surface area contributed by atoms with E-state index >= 15 is 0 Å². The van der Waals surface area contributed by atoms with Gasteiger partial charge in [0.15, 0.2) is 34.9 Å². The summed E-state index contributed by atoms with van der Waals surface area (Å²) >= 11 is 0. The van der Waals surface area contributed by atoms with E-state index in [1.807, 2.05) is 0 Å². The van der Waals surface area contributed by atoms with Gasteiger partial charge in [-0.25, -0.2) is 26.3 Å². The third kappa shape index (κ3) is 1.88. The summed E-state index contributed by atoms with van der Waals surface area (Å²) in [6.45, 7) is 0. The molecule has 0 saturated heterocycles. The molecule has 0 unspecified atom stereocenters. The summed E-state index contributed by atoms with van der Waals surface area (Å²) in [5.74, 6) is -12.2. The van der Waals surface area contributed by atoms with Gasteiger partial charge in [-0.05, 0) is 0 Å². The molecule has 0 bridgehead atoms. The fourth-order valence-electron chi connectivity index (χ4n) is 1.96. The van der Waals surface area contributed by atoms with Gasteiger partial charge in [-0.1, -0.05) is 0 Å². The lowest BCUT2D eigenvalue weighted by molar-refractivity contribution is 0.416. The molecule has 0 atom stereocenters. The third-order valence-electron chi connectivity index (χ3n) is 2.86. The number of nitrogens with zero attached hydrogens (tertiary/aromatic N) is 2. The summed E-state index contributed by atoms with van der Waals surface area (Å²) in [5.41, 5.74) is -2.29. The average molecular weight is 300 g/mol. The number of nitriles is 2. The average Bonchev–Trinajstić information content (AvgIpc) is 2.47. The van der Waals surface area contributed by atoms with E-state index in [-0.39, 0.29) is 0 Å². The highest BCUT2D eigenvalue weighted by Crippen LogP contribution is 2.35. The summed E-state index contributed by atoms with van der Waals surface area (Å²) in [4.78, 5) is 0. The molecule has 0 amide bonds. The molecule has 0 aliphatic rings. The zero-order valence-corrected chi connectivity index (χ0v) is 9.87. The lowest BCUT2D eigenvalue weighted by Gasteiger charge is -2.12. The number of benzene rings is 2. The van der Waals surface area contributed by atoms with Crippen LogP contribution in [-0.2, 0) is 6.42 Å². The molecule has 0 fully saturated rings. The van der Waals surface area contributed by atoms with Crippen LogP contribution in [0.15, 0.2) is 0 Å². The molecule has 0 aliphatic heterocycles. The van der Waals surface area contributed by atoms with Crippen LogP contribution in [0.3, 0.4) is 0 Å². The molecular weight excluding hydrogens is 298 g/mol. The van der Waals surface area contributed by atoms with Crippen LogP contribution in [-0.4, -0.2) is 0 Å². The molecular formula is C13H2F6N2. The van der Waals surface area contributed by atoms with Crippen LogP contribution >= 0.6 is 0 Å². The molecule has 0 spiro atoms. The number of hydrogen-bond acceptors (Lipinski definition) is 2. The Morgan fingerprint density at radius 1 is 0.667 bits per heavy atom. The molecule has 106 valence electrons. The maximum atomic E-state index is 13.8. The molecule has 21 heavy (non-hydrogen) atoms. The van der Waals surface area contributed by atoms with Crippen molar-refractivity contribution in [3.8, 4) is 12.1 Å². The Morgan fingerprint density at radius 3 is 1.67 bits per heavy atom. The molecule has 0 heterocycles. The Kier molecular flexibility index (Phi) is 3.48. The summed E-state index contributed by atoms with van der Waals surface area (Å²) in [5, 5.41) is 14.8. The largest absolute Gasteiger partial charge is 0.203 e. The second-order valence-electron chi connectivity index (χ2n) is 3.93. The number of fused-ring (bicyclic) bond motifs is 1. The van der Waals surface area contributed by atoms with Gasteiger partial charge in [0.1, 0.15) is 11.6 Å². The number of rotatable bonds is 1. The first-order valence-corrected chi connectivity index (χ1v) is 5.29. The minimum Gasteiger partial charge on any atom is -0.203 e. The highest BCUT2D eigenvalue weighted by atomic mass is 19.2. The predicted molar refractivity (Wildman–Crippen MR) is 57.7 cm³/mol. The van der Waals surface area contributed by atoms with Crippen LogP contribution in [0.4, 0.5) is 26.3 Å². The van der Waals surface area contributed by atoms with Crippen molar-refractivity contribution in [2.24, 2.45) is 0 Å². The summed E-state index contributed by atoms with van der Waals surface area (Å²) in [6, 6.07) is 2.44. The van der Waals surface area contributed by atoms with E-state index < -0.39 is 63.2 Å². The first-order valence-electron chi connectivity index (χ1n) is 5.29. The van der Waals surface area contributed by atoms with Crippen molar-refractivity contribution >= 4 is 10.8 Å². The Labute approximate surface area is 113 Å². The van der Waals surface area contributed by atoms with Crippen LogP contribution in [0.25, 0.3) is 10.8 Å². The van der Waals surface area contributed by atoms with Crippen molar-refractivity contribution in [1.29, 1.82) is 10.5 Å². The van der Waals surface area contributed by atoms with E-state index in [4.69, 9.17) is 10.5 Å². The second kappa shape index (κ2) is 4.98. The lowest BCUT2D eigenvalue weighted by atomic mass is 9.95. The van der Waals surface area contributed by atoms with Gasteiger partial charge in [0.25, 0.3) is 0 Å². The van der Waals surface area contributed by atoms with Crippen molar-refractivity contribution in [1.82, 2.24) is 0 Å². The molecule has 0 saturated carbocycles. The zero-order valence-electron chi connectivity index (χ0n) is 9.87. The van der Waals surface area contributed by atoms with Gasteiger partial charge in [0.05, 0.1) is 12.5 Å². The normalized spacial score (nSPS) is 10.5. The maximum Gasteiger partial charge on any atom is 0.198 e. The van der Waals surface area contributed by atoms with Crippen molar-refractivity contribution in [3.05, 3.63) is 46.0 Å². The van der Waals surface area contributed by atoms with Gasteiger partial charge in [0.2, 0.25) is 0 Å². The van der Waals surface area contributed by atoms with Crippen molar-refractivity contribution in [2.75, 3.05) is 0 Å². The highest BCUT2D eigenvalue weighted by Gasteiger charge is 2.29. The first-order chi connectivity index (χ1) is 9.86. The van der Waals surface area contributed by atoms with Gasteiger partial charge < -0.3 is 0 Å². The Morgan fingerprint density at radius 2 is 1.19 bits per heavy atom. The van der Waals surface area contributed by atoms with Crippen molar-refractivity contribution in [2.45, 2.75) is 6.42 Å². The van der Waals surface area contributed by atoms with E-state index in [1.54, 1.807) is 0 Å². The van der Waals surface area contributed by atoms with Gasteiger partial charge in [-0.3, -0.25) is 0 Å². The zero-order chi connectivity index (χ0) is 15.9. The fraction of sp³-hybridized carbons (Fsp3) is 0.0769. The van der Waals surface area contributed by atoms with Crippen LogP contribution in [0.2, 0.25) is 0 Å². The number of halogens is 6. The minimum atomic E-state index is -2.26. The SMILES string of the molecule is N#CCc1c(F)c(F)c(C#N)c2c(F)c(F)c(F)c(F)c12. The van der Waals surface area contributed by atoms with E-state index in [0.717, 1.165) is 6.07 Å². The molecule has 2 aromatic rings. The van der Waals surface area contributed by atoms with E-state index in [2.05, 4.69) is 0 Å². The number of hydrogen-bond donors (Lipinski definition) is 0. The molecule has 2 aromatic carbocycles. The fourth-order valence-corrected chi connectivity index (χ4v) is 1.96. The van der Waals surface area contributed by atoms with Gasteiger partial charge in [0, 0.05) is 16.3 Å². The van der Waals surface area contributed by atoms with Gasteiger partial charge >= 0.3 is 0 Å². The molecule has 2 nitrogen and oxygen atoms in total. The second-order valence-corrected chi connectivity index (χ2v) is 3.93. The first kappa shape index (κ1) is 14.7. The Balaban J connectivity index is 3.25. The monoisotopic (exact) mass is 300 g/mol. The standard InChI is InChI=1S/C13H2F6N2/c14-8-4(1-2-20)6-7(5(3-21)9(8)15)11(17)13(19)12(18)10(6)16/h1H2. The van der Waals surface area contributed by atoms with Crippen LogP contribution < -0.4 is 0 Å². The van der Waals surface area contributed by atoms with E-state index in [9.17, 15) is 26.3 Å². The van der Waals surface area contributed by atoms with Gasteiger partial charge in [-0.2, -0.15) is 10.5 Å². The van der Waals surface area contributed by atoms with Crippen LogP contribution in [0.1, 0.15) is 11.1 Å². The molecule has 0 N–H and O–H groups in total. The molecule has 0 radical (unpaired) electrons. The van der Waals surface area contributed by atoms with Gasteiger partial charge in [-0.15, -0.1) is 0 Å². The molecule has 2 rings (SSSR count). The van der Waals surface area contributed by atoms with Crippen LogP contribution in [0, 0.1) is 57.6 Å². The van der Waals surface area contributed by atoms with Crippen molar-refractivity contribution in [3.63, 3.8) is 0 Å². The van der Waals surface area contributed by atoms with E-state index in [1.165, 1.54) is 6.07 Å². The quantitative estimate of drug-likeness (QED) is 0.459. The Hall–Kier alpha value is -2.74. The minimum absolute atomic E-state index is 0.924. The predicted octanol–water partition coefficient (Wildman–Crippen LogP) is 3.61. The van der Waals surface area contributed by atoms with Crippen molar-refractivity contribution < 1.29 is 26.3 Å². The van der Waals surface area contributed by atoms with Crippen LogP contribution in [0.5, 0.6) is 0 Å². The molecule has 8 heteroatoms. The van der Waals surface area contributed by atoms with E-state index in [0.29, 0.717) is 0 Å². The summed E-state index contributed by atoms with van der Waals surface area (Å²) in [6.07, 6.45) is -0.924. The highest BCUT2D eigenvalue weighted by molar-refractivity contribution is 5.92.